The van der Waals surface area contributed by atoms with E-state index in [0.717, 1.165) is 37.3 Å². The number of likely N-dealkylation sites (tertiary alicyclic amines) is 1. The molecule has 0 radical (unpaired) electrons. The highest BCUT2D eigenvalue weighted by atomic mass is 19.1. The van der Waals surface area contributed by atoms with Crippen molar-refractivity contribution in [3.8, 4) is 5.75 Å². The van der Waals surface area contributed by atoms with Crippen molar-refractivity contribution in [2.24, 2.45) is 0 Å². The van der Waals surface area contributed by atoms with Gasteiger partial charge in [-0.05, 0) is 62.0 Å². The van der Waals surface area contributed by atoms with Gasteiger partial charge in [0.2, 0.25) is 5.95 Å². The molecule has 1 atom stereocenters. The van der Waals surface area contributed by atoms with Gasteiger partial charge in [-0.25, -0.2) is 14.4 Å². The molecule has 9 nitrogen and oxygen atoms in total. The molecule has 1 saturated heterocycles. The first-order chi connectivity index (χ1) is 17.0. The van der Waals surface area contributed by atoms with Crippen molar-refractivity contribution in [2.75, 3.05) is 39.1 Å². The van der Waals surface area contributed by atoms with E-state index in [0.29, 0.717) is 36.0 Å². The minimum atomic E-state index is -0.462. The predicted molar refractivity (Wildman–Crippen MR) is 132 cm³/mol. The van der Waals surface area contributed by atoms with Gasteiger partial charge in [-0.15, -0.1) is 0 Å². The first-order valence-corrected chi connectivity index (χ1v) is 11.9. The number of ether oxygens (including phenoxy) is 1. The van der Waals surface area contributed by atoms with E-state index >= 15 is 0 Å². The summed E-state index contributed by atoms with van der Waals surface area (Å²) in [5, 5.41) is 10.3. The molecule has 10 heteroatoms. The second-order valence-electron chi connectivity index (χ2n) is 8.67. The maximum absolute atomic E-state index is 14.7. The number of methoxy groups -OCH3 is 1. The number of hydrogen-bond donors (Lipinski definition) is 2. The molecular weight excluding hydrogens is 449 g/mol. The van der Waals surface area contributed by atoms with Crippen LogP contribution in [-0.2, 0) is 12.8 Å². The second-order valence-corrected chi connectivity index (χ2v) is 8.67. The number of hydrogen-bond acceptors (Lipinski definition) is 7. The van der Waals surface area contributed by atoms with Crippen LogP contribution in [0.25, 0.3) is 0 Å². The van der Waals surface area contributed by atoms with Crippen molar-refractivity contribution >= 4 is 17.5 Å². The molecule has 0 bridgehead atoms. The van der Waals surface area contributed by atoms with E-state index in [4.69, 9.17) is 4.74 Å². The highest BCUT2D eigenvalue weighted by Gasteiger charge is 2.21. The van der Waals surface area contributed by atoms with Crippen LogP contribution in [0.1, 0.15) is 47.3 Å². The zero-order valence-electron chi connectivity index (χ0n) is 20.4. The largest absolute Gasteiger partial charge is 0.494 e. The number of rotatable bonds is 9. The fraction of sp³-hybridized carbons (Fsp3) is 0.440. The second kappa shape index (κ2) is 11.3. The molecule has 186 valence electrons. The maximum atomic E-state index is 14.7. The molecule has 1 aliphatic heterocycles. The molecule has 3 aromatic rings. The van der Waals surface area contributed by atoms with E-state index in [2.05, 4.69) is 37.5 Å². The number of piperidine rings is 1. The Morgan fingerprint density at radius 1 is 1.23 bits per heavy atom. The summed E-state index contributed by atoms with van der Waals surface area (Å²) in [6.45, 7) is 5.41. The van der Waals surface area contributed by atoms with Crippen LogP contribution < -0.4 is 15.4 Å². The number of halogens is 1. The zero-order chi connectivity index (χ0) is 24.8. The van der Waals surface area contributed by atoms with Gasteiger partial charge in [0.1, 0.15) is 0 Å². The Balaban J connectivity index is 1.37. The molecular formula is C25H32FN7O2. The Kier molecular flexibility index (Phi) is 7.91. The quantitative estimate of drug-likeness (QED) is 0.484. The van der Waals surface area contributed by atoms with E-state index in [1.54, 1.807) is 24.7 Å². The number of nitrogens with zero attached hydrogens (tertiary/aromatic N) is 5. The van der Waals surface area contributed by atoms with Crippen LogP contribution in [0.15, 0.2) is 36.9 Å². The number of amides is 1. The van der Waals surface area contributed by atoms with E-state index in [-0.39, 0.29) is 11.7 Å². The molecule has 1 aromatic carbocycles. The van der Waals surface area contributed by atoms with E-state index in [1.165, 1.54) is 26.6 Å². The summed E-state index contributed by atoms with van der Waals surface area (Å²) in [7, 11) is 2.92. The smallest absolute Gasteiger partial charge is 0.251 e. The van der Waals surface area contributed by atoms with E-state index in [1.807, 2.05) is 10.9 Å². The summed E-state index contributed by atoms with van der Waals surface area (Å²) in [6.07, 6.45) is 10.4. The van der Waals surface area contributed by atoms with Gasteiger partial charge in [-0.2, -0.15) is 5.10 Å². The molecule has 3 heterocycles. The summed E-state index contributed by atoms with van der Waals surface area (Å²) < 4.78 is 21.8. The number of nitrogens with one attached hydrogen (secondary N) is 2. The topological polar surface area (TPSA) is 97.2 Å². The van der Waals surface area contributed by atoms with Gasteiger partial charge < -0.3 is 20.3 Å². The molecule has 0 aliphatic carbocycles. The number of carbonyl (C=O) groups excluding carboxylic acids is 1. The third-order valence-corrected chi connectivity index (χ3v) is 6.37. The Morgan fingerprint density at radius 3 is 2.74 bits per heavy atom. The molecule has 4 rings (SSSR count). The maximum Gasteiger partial charge on any atom is 0.251 e. The minimum absolute atomic E-state index is 0.0491. The molecule has 0 saturated carbocycles. The zero-order valence-corrected chi connectivity index (χ0v) is 20.4. The van der Waals surface area contributed by atoms with Crippen molar-refractivity contribution < 1.29 is 13.9 Å². The molecule has 1 amide bonds. The monoisotopic (exact) mass is 481 g/mol. The Hall–Kier alpha value is -3.53. The predicted octanol–water partition coefficient (Wildman–Crippen LogP) is 3.37. The summed E-state index contributed by atoms with van der Waals surface area (Å²) in [6, 6.07) is 3.33. The van der Waals surface area contributed by atoms with E-state index < -0.39 is 5.82 Å². The number of aryl methyl sites for hydroxylation is 2. The van der Waals surface area contributed by atoms with Gasteiger partial charge in [0.15, 0.2) is 11.6 Å². The van der Waals surface area contributed by atoms with Crippen molar-refractivity contribution in [2.45, 2.75) is 38.6 Å². The standard InChI is InChI=1S/C25H32FN7O2/c1-4-32-9-5-6-21(16-32)33-15-20(14-30-33)31-25-28-12-17(13-29-25)7-8-18-10-19(24(34)27-2)11-22(35-3)23(18)26/h10-15,21H,4-9,16H2,1-3H3,(H,27,34)(H,28,29,31)/t21-/m0/s1. The summed E-state index contributed by atoms with van der Waals surface area (Å²) in [5.41, 5.74) is 2.46. The molecule has 0 unspecified atom stereocenters. The molecule has 35 heavy (non-hydrogen) atoms. The third kappa shape index (κ3) is 5.94. The summed E-state index contributed by atoms with van der Waals surface area (Å²) in [5.74, 6) is -0.233. The molecule has 2 N–H and O–H groups in total. The number of aromatic nitrogens is 4. The van der Waals surface area contributed by atoms with Crippen LogP contribution in [0.3, 0.4) is 0 Å². The van der Waals surface area contributed by atoms with Crippen LogP contribution in [0.2, 0.25) is 0 Å². The fourth-order valence-electron chi connectivity index (χ4n) is 4.35. The van der Waals surface area contributed by atoms with Crippen LogP contribution in [0.4, 0.5) is 16.0 Å². The minimum Gasteiger partial charge on any atom is -0.494 e. The van der Waals surface area contributed by atoms with Gasteiger partial charge in [-0.1, -0.05) is 6.92 Å². The molecule has 0 spiro atoms. The van der Waals surface area contributed by atoms with Gasteiger partial charge in [0.25, 0.3) is 5.91 Å². The van der Waals surface area contributed by atoms with Gasteiger partial charge in [0, 0.05) is 37.7 Å². The Morgan fingerprint density at radius 2 is 2.03 bits per heavy atom. The van der Waals surface area contributed by atoms with Crippen molar-refractivity contribution in [1.29, 1.82) is 0 Å². The number of likely N-dealkylation sites (N-methyl/N-ethyl adjacent to an activating group) is 1. The first-order valence-electron chi connectivity index (χ1n) is 11.9. The SMILES string of the molecule is CCN1CCC[C@H](n2cc(Nc3ncc(CCc4cc(C(=O)NC)cc(OC)c4F)cn3)cn2)C1. The Labute approximate surface area is 204 Å². The highest BCUT2D eigenvalue weighted by Crippen LogP contribution is 2.25. The summed E-state index contributed by atoms with van der Waals surface area (Å²) >= 11 is 0. The van der Waals surface area contributed by atoms with Crippen LogP contribution >= 0.6 is 0 Å². The average molecular weight is 482 g/mol. The first kappa shape index (κ1) is 24.6. The Bertz CT molecular complexity index is 1150. The van der Waals surface area contributed by atoms with Crippen LogP contribution in [0.5, 0.6) is 5.75 Å². The van der Waals surface area contributed by atoms with Crippen LogP contribution in [-0.4, -0.2) is 64.3 Å². The van der Waals surface area contributed by atoms with Crippen molar-refractivity contribution in [3.05, 3.63) is 59.4 Å². The fourth-order valence-corrected chi connectivity index (χ4v) is 4.35. The van der Waals surface area contributed by atoms with Crippen molar-refractivity contribution in [1.82, 2.24) is 30.0 Å². The van der Waals surface area contributed by atoms with Crippen LogP contribution in [0, 0.1) is 5.82 Å². The lowest BCUT2D eigenvalue weighted by Gasteiger charge is -2.31. The lowest BCUT2D eigenvalue weighted by molar-refractivity contribution is 0.0962. The van der Waals surface area contributed by atoms with Gasteiger partial charge >= 0.3 is 0 Å². The summed E-state index contributed by atoms with van der Waals surface area (Å²) in [4.78, 5) is 23.2. The van der Waals surface area contributed by atoms with Gasteiger partial charge in [0.05, 0.1) is 25.0 Å². The normalized spacial score (nSPS) is 16.2. The molecule has 1 aliphatic rings. The highest BCUT2D eigenvalue weighted by molar-refractivity contribution is 5.94. The average Bonchev–Trinajstić information content (AvgIpc) is 3.37. The number of benzene rings is 1. The lowest BCUT2D eigenvalue weighted by Crippen LogP contribution is -2.36. The third-order valence-electron chi connectivity index (χ3n) is 6.37. The van der Waals surface area contributed by atoms with E-state index in [9.17, 15) is 9.18 Å². The number of carbonyl (C=O) groups is 1. The lowest BCUT2D eigenvalue weighted by atomic mass is 10.0. The molecule has 1 fully saturated rings. The molecule has 2 aromatic heterocycles. The van der Waals surface area contributed by atoms with Crippen molar-refractivity contribution in [3.63, 3.8) is 0 Å². The van der Waals surface area contributed by atoms with Gasteiger partial charge in [-0.3, -0.25) is 9.48 Å². The number of anilines is 2.